The Labute approximate surface area is 190 Å². The molecule has 5 rings (SSSR count). The first-order valence-electron chi connectivity index (χ1n) is 10.4. The standard InChI is InChI=1S/C27H20ClN3O/c1-17-5-10-22-23(12-14-30-25(22)15-18-6-8-20(28)9-7-18)26(17)31-27(32)24-4-2-3-19-16-29-13-11-21(19)24/h2-14,16H,15H2,1H3,(H,31,32). The lowest BCUT2D eigenvalue weighted by atomic mass is 10.00. The normalized spacial score (nSPS) is 11.1. The molecule has 0 fully saturated rings. The van der Waals surface area contributed by atoms with Crippen LogP contribution >= 0.6 is 11.6 Å². The number of benzene rings is 3. The summed E-state index contributed by atoms with van der Waals surface area (Å²) < 4.78 is 0. The van der Waals surface area contributed by atoms with Gasteiger partial charge in [0.2, 0.25) is 0 Å². The zero-order chi connectivity index (χ0) is 22.1. The molecule has 2 aromatic heterocycles. The van der Waals surface area contributed by atoms with Gasteiger partial charge in [-0.3, -0.25) is 14.8 Å². The van der Waals surface area contributed by atoms with E-state index in [0.29, 0.717) is 17.0 Å². The smallest absolute Gasteiger partial charge is 0.256 e. The summed E-state index contributed by atoms with van der Waals surface area (Å²) in [6, 6.07) is 21.4. The molecular formula is C27H20ClN3O. The zero-order valence-electron chi connectivity index (χ0n) is 17.5. The first kappa shape index (κ1) is 20.2. The summed E-state index contributed by atoms with van der Waals surface area (Å²) >= 11 is 6.02. The fourth-order valence-electron chi connectivity index (χ4n) is 4.03. The SMILES string of the molecule is Cc1ccc2c(Cc3ccc(Cl)cc3)nccc2c1NC(=O)c1cccc2cnccc12. The number of anilines is 1. The van der Waals surface area contributed by atoms with Gasteiger partial charge in [-0.05, 0) is 53.8 Å². The Kier molecular flexibility index (Phi) is 5.29. The molecule has 3 aromatic carbocycles. The summed E-state index contributed by atoms with van der Waals surface area (Å²) in [6.45, 7) is 2.00. The van der Waals surface area contributed by atoms with E-state index < -0.39 is 0 Å². The van der Waals surface area contributed by atoms with E-state index in [9.17, 15) is 4.79 Å². The van der Waals surface area contributed by atoms with Gasteiger partial charge in [0, 0.05) is 51.8 Å². The van der Waals surface area contributed by atoms with Crippen molar-refractivity contribution in [2.75, 3.05) is 5.32 Å². The molecule has 4 nitrogen and oxygen atoms in total. The van der Waals surface area contributed by atoms with Gasteiger partial charge in [-0.1, -0.05) is 48.0 Å². The van der Waals surface area contributed by atoms with Crippen molar-refractivity contribution in [3.8, 4) is 0 Å². The molecule has 0 unspecified atom stereocenters. The van der Waals surface area contributed by atoms with Crippen LogP contribution in [-0.4, -0.2) is 15.9 Å². The van der Waals surface area contributed by atoms with Crippen LogP contribution in [0, 0.1) is 6.92 Å². The number of hydrogen-bond donors (Lipinski definition) is 1. The number of rotatable bonds is 4. The highest BCUT2D eigenvalue weighted by Crippen LogP contribution is 2.30. The third kappa shape index (κ3) is 3.81. The predicted molar refractivity (Wildman–Crippen MR) is 130 cm³/mol. The third-order valence-electron chi connectivity index (χ3n) is 5.69. The van der Waals surface area contributed by atoms with E-state index in [2.05, 4.69) is 21.4 Å². The molecule has 0 radical (unpaired) electrons. The van der Waals surface area contributed by atoms with E-state index in [1.54, 1.807) is 18.6 Å². The number of nitrogens with zero attached hydrogens (tertiary/aromatic N) is 2. The molecule has 0 aliphatic carbocycles. The van der Waals surface area contributed by atoms with Crippen LogP contribution in [-0.2, 0) is 6.42 Å². The minimum Gasteiger partial charge on any atom is -0.321 e. The highest BCUT2D eigenvalue weighted by Gasteiger charge is 2.15. The van der Waals surface area contributed by atoms with Crippen molar-refractivity contribution in [2.45, 2.75) is 13.3 Å². The second kappa shape index (κ2) is 8.40. The largest absolute Gasteiger partial charge is 0.321 e. The summed E-state index contributed by atoms with van der Waals surface area (Å²) in [7, 11) is 0. The number of aryl methyl sites for hydroxylation is 1. The molecule has 5 heteroatoms. The second-order valence-electron chi connectivity index (χ2n) is 7.77. The number of carbonyl (C=O) groups is 1. The van der Waals surface area contributed by atoms with E-state index >= 15 is 0 Å². The van der Waals surface area contributed by atoms with Crippen molar-refractivity contribution in [2.24, 2.45) is 0 Å². The van der Waals surface area contributed by atoms with Crippen molar-refractivity contribution < 1.29 is 4.79 Å². The van der Waals surface area contributed by atoms with Crippen LogP contribution in [0.2, 0.25) is 5.02 Å². The van der Waals surface area contributed by atoms with Crippen molar-refractivity contribution in [1.82, 2.24) is 9.97 Å². The van der Waals surface area contributed by atoms with E-state index in [-0.39, 0.29) is 5.91 Å². The Balaban J connectivity index is 1.54. The quantitative estimate of drug-likeness (QED) is 0.345. The highest BCUT2D eigenvalue weighted by atomic mass is 35.5. The minimum absolute atomic E-state index is 0.145. The van der Waals surface area contributed by atoms with Crippen molar-refractivity contribution >= 4 is 44.7 Å². The molecule has 1 amide bonds. The molecule has 0 atom stereocenters. The van der Waals surface area contributed by atoms with Gasteiger partial charge in [0.15, 0.2) is 0 Å². The number of halogens is 1. The fourth-order valence-corrected chi connectivity index (χ4v) is 4.15. The number of hydrogen-bond acceptors (Lipinski definition) is 3. The van der Waals surface area contributed by atoms with Gasteiger partial charge in [0.1, 0.15) is 0 Å². The summed E-state index contributed by atoms with van der Waals surface area (Å²) in [5, 5.41) is 7.67. The number of aromatic nitrogens is 2. The number of carbonyl (C=O) groups excluding carboxylic acids is 1. The van der Waals surface area contributed by atoms with Crippen LogP contribution in [0.25, 0.3) is 21.5 Å². The van der Waals surface area contributed by atoms with Crippen LogP contribution in [0.1, 0.15) is 27.2 Å². The van der Waals surface area contributed by atoms with Crippen molar-refractivity contribution in [3.63, 3.8) is 0 Å². The van der Waals surface area contributed by atoms with Crippen molar-refractivity contribution in [3.05, 3.63) is 113 Å². The monoisotopic (exact) mass is 437 g/mol. The topological polar surface area (TPSA) is 54.9 Å². The van der Waals surface area contributed by atoms with Gasteiger partial charge in [-0.15, -0.1) is 0 Å². The van der Waals surface area contributed by atoms with Crippen molar-refractivity contribution in [1.29, 1.82) is 0 Å². The fraction of sp³-hybridized carbons (Fsp3) is 0.0741. The van der Waals surface area contributed by atoms with Crippen LogP contribution < -0.4 is 5.32 Å². The third-order valence-corrected chi connectivity index (χ3v) is 5.94. The molecule has 0 bridgehead atoms. The van der Waals surface area contributed by atoms with Crippen LogP contribution in [0.3, 0.4) is 0 Å². The molecule has 5 aromatic rings. The van der Waals surface area contributed by atoms with Crippen LogP contribution in [0.4, 0.5) is 5.69 Å². The lowest BCUT2D eigenvalue weighted by Gasteiger charge is -2.15. The van der Waals surface area contributed by atoms with Gasteiger partial charge < -0.3 is 5.32 Å². The predicted octanol–water partition coefficient (Wildman–Crippen LogP) is 6.59. The molecule has 2 heterocycles. The molecule has 0 spiro atoms. The van der Waals surface area contributed by atoms with Crippen LogP contribution in [0.15, 0.2) is 85.3 Å². The average Bonchev–Trinajstić information content (AvgIpc) is 2.82. The number of nitrogens with one attached hydrogen (secondary N) is 1. The van der Waals surface area contributed by atoms with E-state index in [0.717, 1.165) is 44.1 Å². The molecule has 0 aliphatic heterocycles. The minimum atomic E-state index is -0.145. The van der Waals surface area contributed by atoms with E-state index in [4.69, 9.17) is 11.6 Å². The lowest BCUT2D eigenvalue weighted by molar-refractivity contribution is 0.102. The first-order valence-corrected chi connectivity index (χ1v) is 10.7. The second-order valence-corrected chi connectivity index (χ2v) is 8.21. The summed E-state index contributed by atoms with van der Waals surface area (Å²) in [6.07, 6.45) is 5.95. The van der Waals surface area contributed by atoms with E-state index in [1.165, 1.54) is 0 Å². The molecular weight excluding hydrogens is 418 g/mol. The van der Waals surface area contributed by atoms with Gasteiger partial charge in [-0.25, -0.2) is 0 Å². The maximum Gasteiger partial charge on any atom is 0.256 e. The summed E-state index contributed by atoms with van der Waals surface area (Å²) in [4.78, 5) is 22.0. The Morgan fingerprint density at radius 1 is 0.906 bits per heavy atom. The van der Waals surface area contributed by atoms with Gasteiger partial charge >= 0.3 is 0 Å². The molecule has 156 valence electrons. The molecule has 0 saturated carbocycles. The molecule has 32 heavy (non-hydrogen) atoms. The average molecular weight is 438 g/mol. The molecule has 0 saturated heterocycles. The zero-order valence-corrected chi connectivity index (χ0v) is 18.2. The summed E-state index contributed by atoms with van der Waals surface area (Å²) in [5.41, 5.74) is 4.51. The maximum absolute atomic E-state index is 13.3. The maximum atomic E-state index is 13.3. The number of fused-ring (bicyclic) bond motifs is 2. The van der Waals surface area contributed by atoms with E-state index in [1.807, 2.05) is 67.6 Å². The van der Waals surface area contributed by atoms with Gasteiger partial charge in [-0.2, -0.15) is 0 Å². The Bertz CT molecular complexity index is 1460. The van der Waals surface area contributed by atoms with Gasteiger partial charge in [0.25, 0.3) is 5.91 Å². The highest BCUT2D eigenvalue weighted by molar-refractivity contribution is 6.30. The summed E-state index contributed by atoms with van der Waals surface area (Å²) in [5.74, 6) is -0.145. The lowest BCUT2D eigenvalue weighted by Crippen LogP contribution is -2.14. The first-order chi connectivity index (χ1) is 15.6. The van der Waals surface area contributed by atoms with Crippen LogP contribution in [0.5, 0.6) is 0 Å². The molecule has 1 N–H and O–H groups in total. The Hall–Kier alpha value is -3.76. The Morgan fingerprint density at radius 2 is 1.72 bits per heavy atom. The number of amides is 1. The Morgan fingerprint density at radius 3 is 2.56 bits per heavy atom. The number of pyridine rings is 2. The van der Waals surface area contributed by atoms with Gasteiger partial charge in [0.05, 0.1) is 11.4 Å². The molecule has 0 aliphatic rings.